The molecule has 2 aromatic heterocycles. The highest BCUT2D eigenvalue weighted by atomic mass is 35.5. The number of aliphatic hydroxyl groups excluding tert-OH is 1. The van der Waals surface area contributed by atoms with Gasteiger partial charge in [-0.05, 0) is 26.0 Å². The molecular weight excluding hydrogens is 294 g/mol. The van der Waals surface area contributed by atoms with Crippen molar-refractivity contribution in [1.29, 1.82) is 0 Å². The minimum atomic E-state index is -0.873. The number of amides is 1. The number of hydrogen-bond acceptors (Lipinski definition) is 4. The van der Waals surface area contributed by atoms with Crippen LogP contribution in [0.25, 0.3) is 0 Å². The first-order valence-electron chi connectivity index (χ1n) is 6.64. The van der Waals surface area contributed by atoms with Gasteiger partial charge in [-0.25, -0.2) is 0 Å². The van der Waals surface area contributed by atoms with E-state index in [2.05, 4.69) is 10.4 Å². The Labute approximate surface area is 127 Å². The standard InChI is InChI=1S/C14H18ClN3O3/c1-9-13(10(2)18(17-9)6-5-15)14(20)16-8-11(19)12-4-3-7-21-12/h3-4,7,11,19H,5-6,8H2,1-2H3,(H,16,20). The van der Waals surface area contributed by atoms with Gasteiger partial charge in [-0.2, -0.15) is 5.10 Å². The molecule has 6 nitrogen and oxygen atoms in total. The number of furan rings is 1. The number of nitrogens with one attached hydrogen (secondary N) is 1. The monoisotopic (exact) mass is 311 g/mol. The Hall–Kier alpha value is -1.79. The van der Waals surface area contributed by atoms with Gasteiger partial charge in [0.2, 0.25) is 0 Å². The molecule has 2 rings (SSSR count). The van der Waals surface area contributed by atoms with Crippen molar-refractivity contribution >= 4 is 17.5 Å². The third-order valence-corrected chi connectivity index (χ3v) is 3.40. The van der Waals surface area contributed by atoms with E-state index in [-0.39, 0.29) is 12.5 Å². The van der Waals surface area contributed by atoms with Crippen molar-refractivity contribution in [3.63, 3.8) is 0 Å². The zero-order chi connectivity index (χ0) is 15.4. The first-order valence-corrected chi connectivity index (χ1v) is 7.17. The van der Waals surface area contributed by atoms with Gasteiger partial charge < -0.3 is 14.8 Å². The Morgan fingerprint density at radius 3 is 2.95 bits per heavy atom. The SMILES string of the molecule is Cc1nn(CCCl)c(C)c1C(=O)NCC(O)c1ccco1. The van der Waals surface area contributed by atoms with Gasteiger partial charge in [0.25, 0.3) is 5.91 Å². The Kier molecular flexibility index (Phi) is 5.03. The number of aryl methyl sites for hydroxylation is 2. The van der Waals surface area contributed by atoms with Crippen LogP contribution in [0, 0.1) is 13.8 Å². The van der Waals surface area contributed by atoms with Crippen molar-refractivity contribution in [3.8, 4) is 0 Å². The molecule has 21 heavy (non-hydrogen) atoms. The molecule has 0 fully saturated rings. The maximum Gasteiger partial charge on any atom is 0.255 e. The van der Waals surface area contributed by atoms with Gasteiger partial charge in [0.1, 0.15) is 11.9 Å². The molecule has 114 valence electrons. The predicted molar refractivity (Wildman–Crippen MR) is 78.4 cm³/mol. The van der Waals surface area contributed by atoms with Gasteiger partial charge in [0.05, 0.1) is 30.6 Å². The molecule has 1 amide bonds. The summed E-state index contributed by atoms with van der Waals surface area (Å²) < 4.78 is 6.79. The second kappa shape index (κ2) is 6.78. The Morgan fingerprint density at radius 2 is 2.33 bits per heavy atom. The number of carbonyl (C=O) groups is 1. The van der Waals surface area contributed by atoms with E-state index in [0.717, 1.165) is 5.69 Å². The molecule has 1 atom stereocenters. The van der Waals surface area contributed by atoms with E-state index in [4.69, 9.17) is 16.0 Å². The number of aliphatic hydroxyl groups is 1. The fourth-order valence-corrected chi connectivity index (χ4v) is 2.34. The van der Waals surface area contributed by atoms with Crippen LogP contribution in [-0.2, 0) is 6.54 Å². The van der Waals surface area contributed by atoms with Gasteiger partial charge in [-0.3, -0.25) is 9.48 Å². The van der Waals surface area contributed by atoms with Crippen LogP contribution in [0.4, 0.5) is 0 Å². The average molecular weight is 312 g/mol. The highest BCUT2D eigenvalue weighted by Crippen LogP contribution is 2.15. The van der Waals surface area contributed by atoms with E-state index in [1.54, 1.807) is 23.7 Å². The number of alkyl halides is 1. The van der Waals surface area contributed by atoms with Crippen LogP contribution in [0.2, 0.25) is 0 Å². The fraction of sp³-hybridized carbons (Fsp3) is 0.429. The topological polar surface area (TPSA) is 80.3 Å². The zero-order valence-corrected chi connectivity index (χ0v) is 12.7. The highest BCUT2D eigenvalue weighted by molar-refractivity contribution is 6.17. The van der Waals surface area contributed by atoms with Crippen molar-refractivity contribution in [1.82, 2.24) is 15.1 Å². The summed E-state index contributed by atoms with van der Waals surface area (Å²) in [4.78, 5) is 12.2. The van der Waals surface area contributed by atoms with Crippen LogP contribution >= 0.6 is 11.6 Å². The lowest BCUT2D eigenvalue weighted by molar-refractivity contribution is 0.0900. The van der Waals surface area contributed by atoms with Crippen LogP contribution in [0.1, 0.15) is 33.6 Å². The molecule has 0 saturated heterocycles. The van der Waals surface area contributed by atoms with E-state index in [1.807, 2.05) is 6.92 Å². The van der Waals surface area contributed by atoms with Crippen molar-refractivity contribution < 1.29 is 14.3 Å². The zero-order valence-electron chi connectivity index (χ0n) is 12.0. The normalized spacial score (nSPS) is 12.4. The van der Waals surface area contributed by atoms with Crippen LogP contribution in [0.5, 0.6) is 0 Å². The number of halogens is 1. The first kappa shape index (κ1) is 15.6. The molecule has 0 aliphatic carbocycles. The maximum atomic E-state index is 12.2. The summed E-state index contributed by atoms with van der Waals surface area (Å²) in [5, 5.41) is 16.9. The maximum absolute atomic E-state index is 12.2. The summed E-state index contributed by atoms with van der Waals surface area (Å²) in [6, 6.07) is 3.34. The molecule has 0 bridgehead atoms. The molecule has 2 aromatic rings. The summed E-state index contributed by atoms with van der Waals surface area (Å²) in [6.45, 7) is 4.22. The van der Waals surface area contributed by atoms with E-state index in [9.17, 15) is 9.90 Å². The average Bonchev–Trinajstić information content (AvgIpc) is 3.06. The quantitative estimate of drug-likeness (QED) is 0.797. The first-order chi connectivity index (χ1) is 10.0. The number of hydrogen-bond donors (Lipinski definition) is 2. The van der Waals surface area contributed by atoms with Crippen molar-refractivity contribution in [2.45, 2.75) is 26.5 Å². The van der Waals surface area contributed by atoms with Crippen LogP contribution in [-0.4, -0.2) is 33.2 Å². The predicted octanol–water partition coefficient (Wildman–Crippen LogP) is 1.80. The largest absolute Gasteiger partial charge is 0.467 e. The summed E-state index contributed by atoms with van der Waals surface area (Å²) in [5.41, 5.74) is 1.92. The molecule has 7 heteroatoms. The van der Waals surface area contributed by atoms with Gasteiger partial charge in [-0.1, -0.05) is 0 Å². The van der Waals surface area contributed by atoms with Crippen LogP contribution in [0.3, 0.4) is 0 Å². The smallest absolute Gasteiger partial charge is 0.255 e. The van der Waals surface area contributed by atoms with Gasteiger partial charge in [0, 0.05) is 11.6 Å². The van der Waals surface area contributed by atoms with Gasteiger partial charge in [0.15, 0.2) is 0 Å². The highest BCUT2D eigenvalue weighted by Gasteiger charge is 2.19. The molecule has 2 N–H and O–H groups in total. The third kappa shape index (κ3) is 3.46. The second-order valence-corrected chi connectivity index (χ2v) is 5.08. The number of nitrogens with zero attached hydrogens (tertiary/aromatic N) is 2. The lowest BCUT2D eigenvalue weighted by atomic mass is 10.1. The summed E-state index contributed by atoms with van der Waals surface area (Å²) in [5.74, 6) is 0.582. The van der Waals surface area contributed by atoms with Gasteiger partial charge >= 0.3 is 0 Å². The molecule has 1 unspecified atom stereocenters. The Balaban J connectivity index is 2.03. The van der Waals surface area contributed by atoms with Crippen molar-refractivity contribution in [2.75, 3.05) is 12.4 Å². The van der Waals surface area contributed by atoms with Crippen LogP contribution in [0.15, 0.2) is 22.8 Å². The number of aromatic nitrogens is 2. The molecular formula is C14H18ClN3O3. The second-order valence-electron chi connectivity index (χ2n) is 4.70. The van der Waals surface area contributed by atoms with E-state index in [1.165, 1.54) is 6.26 Å². The van der Waals surface area contributed by atoms with Crippen LogP contribution < -0.4 is 5.32 Å². The third-order valence-electron chi connectivity index (χ3n) is 3.23. The van der Waals surface area contributed by atoms with Crippen molar-refractivity contribution in [2.24, 2.45) is 0 Å². The molecule has 0 aliphatic heterocycles. The molecule has 2 heterocycles. The Bertz CT molecular complexity index is 607. The minimum absolute atomic E-state index is 0.0753. The summed E-state index contributed by atoms with van der Waals surface area (Å²) >= 11 is 5.70. The molecule has 0 spiro atoms. The fourth-order valence-electron chi connectivity index (χ4n) is 2.18. The van der Waals surface area contributed by atoms with E-state index >= 15 is 0 Å². The van der Waals surface area contributed by atoms with E-state index in [0.29, 0.717) is 29.4 Å². The molecule has 0 saturated carbocycles. The lowest BCUT2D eigenvalue weighted by Gasteiger charge is -2.10. The molecule has 0 aromatic carbocycles. The van der Waals surface area contributed by atoms with Crippen molar-refractivity contribution in [3.05, 3.63) is 41.1 Å². The summed E-state index contributed by atoms with van der Waals surface area (Å²) in [7, 11) is 0. The molecule has 0 radical (unpaired) electrons. The van der Waals surface area contributed by atoms with Gasteiger partial charge in [-0.15, -0.1) is 11.6 Å². The van der Waals surface area contributed by atoms with E-state index < -0.39 is 6.10 Å². The summed E-state index contributed by atoms with van der Waals surface area (Å²) in [6.07, 6.45) is 0.604. The number of rotatable bonds is 6. The molecule has 0 aliphatic rings. The lowest BCUT2D eigenvalue weighted by Crippen LogP contribution is -2.29. The minimum Gasteiger partial charge on any atom is -0.467 e. The Morgan fingerprint density at radius 1 is 1.57 bits per heavy atom. The number of carbonyl (C=O) groups excluding carboxylic acids is 1.